The van der Waals surface area contributed by atoms with Crippen molar-refractivity contribution in [3.63, 3.8) is 0 Å². The van der Waals surface area contributed by atoms with Gasteiger partial charge in [0.2, 0.25) is 15.9 Å². The minimum absolute atomic E-state index is 0.118. The Kier molecular flexibility index (Phi) is 4.15. The first-order valence-electron chi connectivity index (χ1n) is 7.19. The van der Waals surface area contributed by atoms with Crippen LogP contribution in [0.5, 0.6) is 0 Å². The van der Waals surface area contributed by atoms with Gasteiger partial charge in [0.25, 0.3) is 0 Å². The molecule has 2 rings (SSSR count). The van der Waals surface area contributed by atoms with Crippen LogP contribution in [0.2, 0.25) is 0 Å². The number of likely N-dealkylation sites (tertiary alicyclic amines) is 1. The van der Waals surface area contributed by atoms with Crippen molar-refractivity contribution < 1.29 is 13.2 Å². The second-order valence-corrected chi connectivity index (χ2v) is 9.41. The van der Waals surface area contributed by atoms with Gasteiger partial charge in [-0.3, -0.25) is 9.69 Å². The maximum absolute atomic E-state index is 12.4. The predicted octanol–water partition coefficient (Wildman–Crippen LogP) is 0.139. The molecule has 116 valence electrons. The van der Waals surface area contributed by atoms with Crippen molar-refractivity contribution in [2.24, 2.45) is 5.73 Å². The van der Waals surface area contributed by atoms with Crippen molar-refractivity contribution >= 4 is 15.9 Å². The minimum atomic E-state index is -3.29. The van der Waals surface area contributed by atoms with Gasteiger partial charge < -0.3 is 5.73 Å². The topological polar surface area (TPSA) is 83.7 Å². The van der Waals surface area contributed by atoms with Gasteiger partial charge in [-0.1, -0.05) is 0 Å². The molecular formula is C13H25N3O3S. The summed E-state index contributed by atoms with van der Waals surface area (Å²) in [6.07, 6.45) is 2.52. The molecule has 2 N–H and O–H groups in total. The van der Waals surface area contributed by atoms with E-state index in [0.717, 1.165) is 25.8 Å². The molecule has 0 aromatic rings. The predicted molar refractivity (Wildman–Crippen MR) is 77.6 cm³/mol. The SMILES string of the molecule is CC(C)(C)S(=O)(=O)N1CCC(N2CCC[C@@H]2C(N)=O)C1. The van der Waals surface area contributed by atoms with Crippen LogP contribution < -0.4 is 5.73 Å². The molecule has 2 saturated heterocycles. The number of hydrogen-bond acceptors (Lipinski definition) is 4. The zero-order chi connectivity index (χ0) is 15.1. The van der Waals surface area contributed by atoms with E-state index < -0.39 is 14.8 Å². The number of hydrogen-bond donors (Lipinski definition) is 1. The van der Waals surface area contributed by atoms with E-state index in [9.17, 15) is 13.2 Å². The second kappa shape index (κ2) is 5.27. The molecule has 2 aliphatic rings. The molecule has 0 saturated carbocycles. The average molecular weight is 303 g/mol. The quantitative estimate of drug-likeness (QED) is 0.804. The number of rotatable bonds is 3. The molecule has 0 aromatic carbocycles. The van der Waals surface area contributed by atoms with Crippen molar-refractivity contribution in [1.29, 1.82) is 0 Å². The first-order chi connectivity index (χ1) is 9.14. The summed E-state index contributed by atoms with van der Waals surface area (Å²) in [7, 11) is -3.29. The lowest BCUT2D eigenvalue weighted by atomic mass is 10.1. The van der Waals surface area contributed by atoms with Crippen LogP contribution in [0, 0.1) is 0 Å². The molecule has 0 aromatic heterocycles. The van der Waals surface area contributed by atoms with E-state index in [-0.39, 0.29) is 18.0 Å². The third-order valence-corrected chi connectivity index (χ3v) is 6.89. The summed E-state index contributed by atoms with van der Waals surface area (Å²) in [6, 6.07) is -0.107. The summed E-state index contributed by atoms with van der Waals surface area (Å²) in [6.45, 7) is 7.00. The fourth-order valence-corrected chi connectivity index (χ4v) is 4.61. The highest BCUT2D eigenvalue weighted by molar-refractivity contribution is 7.90. The second-order valence-electron chi connectivity index (χ2n) is 6.72. The van der Waals surface area contributed by atoms with Gasteiger partial charge in [-0.25, -0.2) is 8.42 Å². The molecule has 2 heterocycles. The van der Waals surface area contributed by atoms with Gasteiger partial charge in [0.05, 0.1) is 10.8 Å². The molecule has 1 amide bonds. The lowest BCUT2D eigenvalue weighted by Crippen LogP contribution is -2.48. The molecule has 7 heteroatoms. The van der Waals surface area contributed by atoms with Crippen LogP contribution in [0.4, 0.5) is 0 Å². The monoisotopic (exact) mass is 303 g/mol. The Hall–Kier alpha value is -0.660. The van der Waals surface area contributed by atoms with E-state index in [0.29, 0.717) is 13.1 Å². The van der Waals surface area contributed by atoms with Gasteiger partial charge in [-0.15, -0.1) is 0 Å². The first-order valence-corrected chi connectivity index (χ1v) is 8.63. The Morgan fingerprint density at radius 1 is 1.20 bits per heavy atom. The normalized spacial score (nSPS) is 29.9. The number of carbonyl (C=O) groups excluding carboxylic acids is 1. The summed E-state index contributed by atoms with van der Waals surface area (Å²) in [5, 5.41) is 0. The van der Waals surface area contributed by atoms with Crippen LogP contribution in [-0.2, 0) is 14.8 Å². The Labute approximate surface area is 121 Å². The number of nitrogens with two attached hydrogens (primary N) is 1. The lowest BCUT2D eigenvalue weighted by Gasteiger charge is -2.30. The number of nitrogens with zero attached hydrogens (tertiary/aromatic N) is 2. The van der Waals surface area contributed by atoms with Crippen molar-refractivity contribution in [3.05, 3.63) is 0 Å². The van der Waals surface area contributed by atoms with Crippen LogP contribution in [0.25, 0.3) is 0 Å². The smallest absolute Gasteiger partial charge is 0.234 e. The van der Waals surface area contributed by atoms with Crippen molar-refractivity contribution in [3.8, 4) is 0 Å². The van der Waals surface area contributed by atoms with Crippen molar-refractivity contribution in [2.45, 2.75) is 56.9 Å². The van der Waals surface area contributed by atoms with Crippen LogP contribution in [0.3, 0.4) is 0 Å². The summed E-state index contributed by atoms with van der Waals surface area (Å²) in [4.78, 5) is 13.6. The van der Waals surface area contributed by atoms with E-state index in [1.807, 2.05) is 0 Å². The third-order valence-electron chi connectivity index (χ3n) is 4.33. The summed E-state index contributed by atoms with van der Waals surface area (Å²) in [5.41, 5.74) is 5.43. The zero-order valence-corrected chi connectivity index (χ0v) is 13.3. The van der Waals surface area contributed by atoms with Gasteiger partial charge >= 0.3 is 0 Å². The molecule has 0 radical (unpaired) electrons. The molecule has 2 atom stereocenters. The number of amides is 1. The minimum Gasteiger partial charge on any atom is -0.368 e. The highest BCUT2D eigenvalue weighted by atomic mass is 32.2. The molecule has 0 bridgehead atoms. The number of primary amides is 1. The Balaban J connectivity index is 2.08. The molecular weight excluding hydrogens is 278 g/mol. The van der Waals surface area contributed by atoms with Crippen LogP contribution in [-0.4, -0.2) is 60.0 Å². The third kappa shape index (κ3) is 2.71. The highest BCUT2D eigenvalue weighted by Crippen LogP contribution is 2.29. The standard InChI is InChI=1S/C13H25N3O3S/c1-13(2,3)20(18,19)15-8-6-10(9-15)16-7-4-5-11(16)12(14)17/h10-11H,4-9H2,1-3H3,(H2,14,17)/t10?,11-/m1/s1. The van der Waals surface area contributed by atoms with Crippen molar-refractivity contribution in [1.82, 2.24) is 9.21 Å². The fourth-order valence-electron chi connectivity index (χ4n) is 3.12. The summed E-state index contributed by atoms with van der Waals surface area (Å²) in [5.74, 6) is -0.292. The van der Waals surface area contributed by atoms with E-state index in [1.54, 1.807) is 25.1 Å². The molecule has 20 heavy (non-hydrogen) atoms. The van der Waals surface area contributed by atoms with Crippen LogP contribution >= 0.6 is 0 Å². The zero-order valence-electron chi connectivity index (χ0n) is 12.5. The van der Waals surface area contributed by atoms with E-state index in [1.165, 1.54) is 0 Å². The van der Waals surface area contributed by atoms with Gasteiger partial charge in [0.1, 0.15) is 0 Å². The van der Waals surface area contributed by atoms with Gasteiger partial charge in [0, 0.05) is 19.1 Å². The largest absolute Gasteiger partial charge is 0.368 e. The van der Waals surface area contributed by atoms with Gasteiger partial charge in [-0.05, 0) is 46.6 Å². The molecule has 2 aliphatic heterocycles. The van der Waals surface area contributed by atoms with Gasteiger partial charge in [-0.2, -0.15) is 4.31 Å². The van der Waals surface area contributed by atoms with E-state index in [2.05, 4.69) is 4.90 Å². The molecule has 1 unspecified atom stereocenters. The highest BCUT2D eigenvalue weighted by Gasteiger charge is 2.43. The van der Waals surface area contributed by atoms with Crippen molar-refractivity contribution in [2.75, 3.05) is 19.6 Å². The van der Waals surface area contributed by atoms with E-state index in [4.69, 9.17) is 5.73 Å². The average Bonchev–Trinajstić information content (AvgIpc) is 2.96. The number of sulfonamides is 1. The molecule has 6 nitrogen and oxygen atoms in total. The Morgan fingerprint density at radius 2 is 1.85 bits per heavy atom. The summed E-state index contributed by atoms with van der Waals surface area (Å²) >= 11 is 0. The molecule has 0 aliphatic carbocycles. The van der Waals surface area contributed by atoms with Gasteiger partial charge in [0.15, 0.2) is 0 Å². The van der Waals surface area contributed by atoms with Crippen LogP contribution in [0.1, 0.15) is 40.0 Å². The number of carbonyl (C=O) groups is 1. The van der Waals surface area contributed by atoms with Crippen LogP contribution in [0.15, 0.2) is 0 Å². The van der Waals surface area contributed by atoms with E-state index >= 15 is 0 Å². The Morgan fingerprint density at radius 3 is 2.40 bits per heavy atom. The molecule has 0 spiro atoms. The maximum atomic E-state index is 12.4. The summed E-state index contributed by atoms with van der Waals surface area (Å²) < 4.78 is 25.7. The first kappa shape index (κ1) is 15.7. The fraction of sp³-hybridized carbons (Fsp3) is 0.923. The lowest BCUT2D eigenvalue weighted by molar-refractivity contribution is -0.122. The maximum Gasteiger partial charge on any atom is 0.234 e. The Bertz CT molecular complexity index is 484. The molecule has 2 fully saturated rings.